The third kappa shape index (κ3) is 6.24. The monoisotopic (exact) mass is 498 g/mol. The quantitative estimate of drug-likeness (QED) is 0.426. The first-order valence-electron chi connectivity index (χ1n) is 11.1. The molecule has 1 N–H and O–H groups in total. The first-order chi connectivity index (χ1) is 16.8. The molecule has 0 aromatic heterocycles. The highest BCUT2D eigenvalue weighted by Gasteiger charge is 2.28. The number of sulfonamides is 1. The van der Waals surface area contributed by atoms with Crippen molar-refractivity contribution in [2.45, 2.75) is 24.8 Å². The van der Waals surface area contributed by atoms with Crippen molar-refractivity contribution < 1.29 is 27.4 Å². The Kier molecular flexibility index (Phi) is 8.59. The zero-order valence-corrected chi connectivity index (χ0v) is 21.0. The molecule has 3 aromatic rings. The lowest BCUT2D eigenvalue weighted by Gasteiger charge is -2.25. The molecule has 1 amide bonds. The maximum atomic E-state index is 13.5. The number of methoxy groups -OCH3 is 2. The zero-order valence-electron chi connectivity index (χ0n) is 20.2. The van der Waals surface area contributed by atoms with Crippen LogP contribution in [0.2, 0.25) is 0 Å². The van der Waals surface area contributed by atoms with Crippen molar-refractivity contribution in [3.63, 3.8) is 0 Å². The van der Waals surface area contributed by atoms with Gasteiger partial charge in [0.2, 0.25) is 5.91 Å². The van der Waals surface area contributed by atoms with E-state index in [-0.39, 0.29) is 4.90 Å². The first kappa shape index (κ1) is 25.9. The van der Waals surface area contributed by atoms with Crippen molar-refractivity contribution in [3.05, 3.63) is 78.4 Å². The predicted octanol–water partition coefficient (Wildman–Crippen LogP) is 4.18. The number of ether oxygens (including phenoxy) is 3. The Morgan fingerprint density at radius 2 is 1.60 bits per heavy atom. The molecule has 0 unspecified atom stereocenters. The van der Waals surface area contributed by atoms with Crippen LogP contribution in [0.1, 0.15) is 25.5 Å². The number of para-hydroxylation sites is 1. The van der Waals surface area contributed by atoms with E-state index in [1.54, 1.807) is 61.7 Å². The fraction of sp³-hybridized carbons (Fsp3) is 0.269. The van der Waals surface area contributed by atoms with Gasteiger partial charge in [0.15, 0.2) is 11.5 Å². The normalized spacial score (nSPS) is 11.9. The van der Waals surface area contributed by atoms with Crippen LogP contribution in [0, 0.1) is 0 Å². The molecule has 0 aliphatic carbocycles. The molecule has 0 heterocycles. The summed E-state index contributed by atoms with van der Waals surface area (Å²) in [5.41, 5.74) is 1.17. The fourth-order valence-corrected chi connectivity index (χ4v) is 4.96. The van der Waals surface area contributed by atoms with Crippen LogP contribution in [-0.2, 0) is 14.8 Å². The molecule has 0 aliphatic rings. The SMILES string of the molecule is CCOc1ccc(S(=O)(=O)N(CC(=O)N[C@@H](C)c2ccc(OC)c(OC)c2)c2ccccc2)cc1. The number of nitrogens with one attached hydrogen (secondary N) is 1. The summed E-state index contributed by atoms with van der Waals surface area (Å²) < 4.78 is 44.1. The van der Waals surface area contributed by atoms with Gasteiger partial charge in [-0.05, 0) is 67.9 Å². The Bertz CT molecular complexity index is 1230. The van der Waals surface area contributed by atoms with Gasteiger partial charge >= 0.3 is 0 Å². The van der Waals surface area contributed by atoms with E-state index < -0.39 is 28.5 Å². The van der Waals surface area contributed by atoms with Crippen molar-refractivity contribution in [1.82, 2.24) is 5.32 Å². The van der Waals surface area contributed by atoms with Crippen molar-refractivity contribution >= 4 is 21.6 Å². The number of anilines is 1. The van der Waals surface area contributed by atoms with Gasteiger partial charge in [0.05, 0.1) is 37.5 Å². The molecule has 0 spiro atoms. The molecular formula is C26H30N2O6S. The molecule has 186 valence electrons. The van der Waals surface area contributed by atoms with Gasteiger partial charge in [-0.15, -0.1) is 0 Å². The van der Waals surface area contributed by atoms with Gasteiger partial charge in [-0.25, -0.2) is 8.42 Å². The number of benzene rings is 3. The minimum absolute atomic E-state index is 0.0607. The van der Waals surface area contributed by atoms with E-state index in [4.69, 9.17) is 14.2 Å². The van der Waals surface area contributed by atoms with E-state index in [2.05, 4.69) is 5.32 Å². The Morgan fingerprint density at radius 3 is 2.20 bits per heavy atom. The van der Waals surface area contributed by atoms with Crippen molar-refractivity contribution in [1.29, 1.82) is 0 Å². The second-order valence-electron chi connectivity index (χ2n) is 7.66. The second-order valence-corrected chi connectivity index (χ2v) is 9.52. The van der Waals surface area contributed by atoms with E-state index in [0.717, 1.165) is 9.87 Å². The molecule has 3 rings (SSSR count). The van der Waals surface area contributed by atoms with Crippen molar-refractivity contribution in [2.75, 3.05) is 31.7 Å². The molecule has 0 bridgehead atoms. The molecule has 9 heteroatoms. The highest BCUT2D eigenvalue weighted by Crippen LogP contribution is 2.30. The zero-order chi connectivity index (χ0) is 25.4. The number of hydrogen-bond acceptors (Lipinski definition) is 6. The molecule has 0 saturated heterocycles. The van der Waals surface area contributed by atoms with Gasteiger partial charge < -0.3 is 19.5 Å². The van der Waals surface area contributed by atoms with Crippen molar-refractivity contribution in [2.24, 2.45) is 0 Å². The summed E-state index contributed by atoms with van der Waals surface area (Å²) in [4.78, 5) is 13.1. The van der Waals surface area contributed by atoms with Crippen LogP contribution in [0.4, 0.5) is 5.69 Å². The molecule has 0 radical (unpaired) electrons. The fourth-order valence-electron chi connectivity index (χ4n) is 3.53. The van der Waals surface area contributed by atoms with Crippen molar-refractivity contribution in [3.8, 4) is 17.2 Å². The molecule has 0 fully saturated rings. The van der Waals surface area contributed by atoms with Gasteiger partial charge in [-0.3, -0.25) is 9.10 Å². The van der Waals surface area contributed by atoms with Gasteiger partial charge in [0, 0.05) is 0 Å². The van der Waals surface area contributed by atoms with Crippen LogP contribution in [0.3, 0.4) is 0 Å². The van der Waals surface area contributed by atoms with Crippen LogP contribution in [0.25, 0.3) is 0 Å². The lowest BCUT2D eigenvalue weighted by Crippen LogP contribution is -2.41. The molecule has 3 aromatic carbocycles. The average Bonchev–Trinajstić information content (AvgIpc) is 2.87. The summed E-state index contributed by atoms with van der Waals surface area (Å²) in [5, 5.41) is 2.87. The molecule has 1 atom stereocenters. The van der Waals surface area contributed by atoms with E-state index in [0.29, 0.717) is 29.5 Å². The second kappa shape index (κ2) is 11.6. The summed E-state index contributed by atoms with van der Waals surface area (Å²) in [6, 6.07) is 19.6. The third-order valence-electron chi connectivity index (χ3n) is 5.34. The largest absolute Gasteiger partial charge is 0.494 e. The number of rotatable bonds is 11. The number of carbonyl (C=O) groups excluding carboxylic acids is 1. The molecule has 8 nitrogen and oxygen atoms in total. The van der Waals surface area contributed by atoms with Crippen LogP contribution in [0.15, 0.2) is 77.7 Å². The average molecular weight is 499 g/mol. The van der Waals surface area contributed by atoms with Crippen LogP contribution in [0.5, 0.6) is 17.2 Å². The lowest BCUT2D eigenvalue weighted by atomic mass is 10.1. The predicted molar refractivity (Wildman–Crippen MR) is 135 cm³/mol. The van der Waals surface area contributed by atoms with Gasteiger partial charge in [-0.1, -0.05) is 24.3 Å². The summed E-state index contributed by atoms with van der Waals surface area (Å²) in [5.74, 6) is 1.23. The summed E-state index contributed by atoms with van der Waals surface area (Å²) in [7, 11) is -0.937. The number of nitrogens with zero attached hydrogens (tertiary/aromatic N) is 1. The van der Waals surface area contributed by atoms with E-state index in [9.17, 15) is 13.2 Å². The smallest absolute Gasteiger partial charge is 0.264 e. The Hall–Kier alpha value is -3.72. The van der Waals surface area contributed by atoms with Crippen LogP contribution in [-0.4, -0.2) is 41.7 Å². The van der Waals surface area contributed by atoms with E-state index in [1.807, 2.05) is 19.9 Å². The molecule has 0 aliphatic heterocycles. The topological polar surface area (TPSA) is 94.2 Å². The highest BCUT2D eigenvalue weighted by atomic mass is 32.2. The maximum absolute atomic E-state index is 13.5. The Morgan fingerprint density at radius 1 is 0.943 bits per heavy atom. The van der Waals surface area contributed by atoms with Crippen LogP contribution >= 0.6 is 0 Å². The first-order valence-corrected chi connectivity index (χ1v) is 12.6. The maximum Gasteiger partial charge on any atom is 0.264 e. The number of hydrogen-bond donors (Lipinski definition) is 1. The number of amides is 1. The Labute approximate surface area is 206 Å². The van der Waals surface area contributed by atoms with E-state index >= 15 is 0 Å². The summed E-state index contributed by atoms with van der Waals surface area (Å²) in [6.45, 7) is 3.74. The van der Waals surface area contributed by atoms with Gasteiger partial charge in [-0.2, -0.15) is 0 Å². The standard InChI is InChI=1S/C26H30N2O6S/c1-5-34-22-12-14-23(15-13-22)35(30,31)28(21-9-7-6-8-10-21)18-26(29)27-19(2)20-11-16-24(32-3)25(17-20)33-4/h6-17,19H,5,18H2,1-4H3,(H,27,29)/t19-/m0/s1. The third-order valence-corrected chi connectivity index (χ3v) is 7.13. The van der Waals surface area contributed by atoms with Crippen LogP contribution < -0.4 is 23.8 Å². The summed E-state index contributed by atoms with van der Waals surface area (Å²) >= 11 is 0. The molecular weight excluding hydrogens is 468 g/mol. The minimum Gasteiger partial charge on any atom is -0.494 e. The minimum atomic E-state index is -4.02. The Balaban J connectivity index is 1.84. The molecule has 0 saturated carbocycles. The van der Waals surface area contributed by atoms with Gasteiger partial charge in [0.25, 0.3) is 10.0 Å². The highest BCUT2D eigenvalue weighted by molar-refractivity contribution is 7.92. The number of carbonyl (C=O) groups is 1. The molecule has 35 heavy (non-hydrogen) atoms. The van der Waals surface area contributed by atoms with E-state index in [1.165, 1.54) is 19.2 Å². The summed E-state index contributed by atoms with van der Waals surface area (Å²) in [6.07, 6.45) is 0. The lowest BCUT2D eigenvalue weighted by molar-refractivity contribution is -0.120. The van der Waals surface area contributed by atoms with Gasteiger partial charge in [0.1, 0.15) is 12.3 Å².